The SMILES string of the molecule is Cc1cc(-c2cc(C)cc3ccc[n+]([O-])c23)c2c(ccc[n+]2[O-])c1. The number of benzene rings is 2. The summed E-state index contributed by atoms with van der Waals surface area (Å²) in [6.07, 6.45) is 2.98. The fraction of sp³-hybridized carbons (Fsp3) is 0.100. The number of hydrogen-bond acceptors (Lipinski definition) is 2. The lowest BCUT2D eigenvalue weighted by atomic mass is 9.95. The van der Waals surface area contributed by atoms with Crippen molar-refractivity contribution < 1.29 is 9.46 Å². The molecule has 0 bridgehead atoms. The first-order valence-corrected chi connectivity index (χ1v) is 7.80. The van der Waals surface area contributed by atoms with Crippen LogP contribution in [0.15, 0.2) is 60.9 Å². The maximum atomic E-state index is 12.4. The van der Waals surface area contributed by atoms with E-state index in [-0.39, 0.29) is 0 Å². The van der Waals surface area contributed by atoms with Gasteiger partial charge in [-0.2, -0.15) is 9.46 Å². The zero-order chi connectivity index (χ0) is 16.8. The number of hydrogen-bond donors (Lipinski definition) is 0. The molecule has 2 heterocycles. The first kappa shape index (κ1) is 14.5. The normalized spacial score (nSPS) is 11.2. The molecule has 4 rings (SSSR count). The molecule has 0 unspecified atom stereocenters. The molecule has 2 aromatic carbocycles. The van der Waals surface area contributed by atoms with E-state index in [1.54, 1.807) is 12.1 Å². The van der Waals surface area contributed by atoms with E-state index in [4.69, 9.17) is 0 Å². The minimum Gasteiger partial charge on any atom is -0.618 e. The lowest BCUT2D eigenvalue weighted by Gasteiger charge is -2.12. The maximum Gasteiger partial charge on any atom is 0.231 e. The van der Waals surface area contributed by atoms with Gasteiger partial charge >= 0.3 is 0 Å². The average Bonchev–Trinajstić information content (AvgIpc) is 2.53. The van der Waals surface area contributed by atoms with Gasteiger partial charge in [-0.1, -0.05) is 0 Å². The lowest BCUT2D eigenvalue weighted by Crippen LogP contribution is -2.28. The molecule has 0 saturated heterocycles. The van der Waals surface area contributed by atoms with E-state index in [9.17, 15) is 10.4 Å². The molecule has 118 valence electrons. The van der Waals surface area contributed by atoms with Crippen LogP contribution >= 0.6 is 0 Å². The third-order valence-electron chi connectivity index (χ3n) is 4.29. The van der Waals surface area contributed by atoms with Gasteiger partial charge in [0.05, 0.1) is 11.1 Å². The Balaban J connectivity index is 2.22. The Morgan fingerprint density at radius 2 is 1.08 bits per heavy atom. The summed E-state index contributed by atoms with van der Waals surface area (Å²) in [6.45, 7) is 3.99. The topological polar surface area (TPSA) is 53.9 Å². The minimum absolute atomic E-state index is 0.582. The molecule has 2 aromatic heterocycles. The summed E-state index contributed by atoms with van der Waals surface area (Å²) in [5.41, 5.74) is 4.83. The highest BCUT2D eigenvalue weighted by molar-refractivity contribution is 6.00. The van der Waals surface area contributed by atoms with Gasteiger partial charge in [-0.3, -0.25) is 0 Å². The van der Waals surface area contributed by atoms with Gasteiger partial charge in [0.2, 0.25) is 11.0 Å². The van der Waals surface area contributed by atoms with Crippen LogP contribution in [-0.4, -0.2) is 0 Å². The molecule has 0 N–H and O–H groups in total. The Morgan fingerprint density at radius 1 is 0.667 bits per heavy atom. The molecule has 0 radical (unpaired) electrons. The Hall–Kier alpha value is -3.14. The monoisotopic (exact) mass is 316 g/mol. The Labute approximate surface area is 139 Å². The van der Waals surface area contributed by atoms with E-state index in [1.807, 2.05) is 50.2 Å². The second-order valence-electron chi connectivity index (χ2n) is 6.17. The molecular formula is C20H16N2O2. The van der Waals surface area contributed by atoms with Crippen LogP contribution in [0.5, 0.6) is 0 Å². The molecule has 0 aliphatic rings. The van der Waals surface area contributed by atoms with Crippen molar-refractivity contribution >= 4 is 21.8 Å². The van der Waals surface area contributed by atoms with Crippen LogP contribution in [-0.2, 0) is 0 Å². The summed E-state index contributed by atoms with van der Waals surface area (Å²) >= 11 is 0. The van der Waals surface area contributed by atoms with Crippen molar-refractivity contribution in [3.05, 3.63) is 82.5 Å². The molecule has 4 heteroatoms. The molecule has 0 amide bonds. The van der Waals surface area contributed by atoms with Gasteiger partial charge < -0.3 is 10.4 Å². The molecule has 4 nitrogen and oxygen atoms in total. The van der Waals surface area contributed by atoms with Crippen LogP contribution in [0, 0.1) is 24.3 Å². The highest BCUT2D eigenvalue weighted by Gasteiger charge is 2.19. The smallest absolute Gasteiger partial charge is 0.231 e. The van der Waals surface area contributed by atoms with Crippen LogP contribution in [0.25, 0.3) is 32.9 Å². The number of pyridine rings is 2. The van der Waals surface area contributed by atoms with Crippen molar-refractivity contribution in [1.82, 2.24) is 0 Å². The fourth-order valence-corrected chi connectivity index (χ4v) is 3.37. The van der Waals surface area contributed by atoms with Crippen LogP contribution < -0.4 is 9.46 Å². The summed E-state index contributed by atoms with van der Waals surface area (Å²) in [7, 11) is 0. The highest BCUT2D eigenvalue weighted by atomic mass is 16.5. The van der Waals surface area contributed by atoms with Gasteiger partial charge in [0, 0.05) is 22.9 Å². The molecular weight excluding hydrogens is 300 g/mol. The van der Waals surface area contributed by atoms with Crippen molar-refractivity contribution in [1.29, 1.82) is 0 Å². The van der Waals surface area contributed by atoms with Gasteiger partial charge in [-0.05, 0) is 61.4 Å². The minimum atomic E-state index is 0.582. The molecule has 0 spiro atoms. The van der Waals surface area contributed by atoms with Gasteiger partial charge in [-0.15, -0.1) is 0 Å². The fourth-order valence-electron chi connectivity index (χ4n) is 3.37. The molecule has 4 aromatic rings. The third kappa shape index (κ3) is 2.15. The standard InChI is InChI=1S/C20H16N2O2/c1-13-9-15-5-3-7-21(23)19(15)17(11-13)18-12-14(2)10-16-6-4-8-22(24)20(16)18/h3-12H,1-2H3. The molecule has 0 fully saturated rings. The van der Waals surface area contributed by atoms with Crippen molar-refractivity contribution in [2.24, 2.45) is 0 Å². The van der Waals surface area contributed by atoms with E-state index in [2.05, 4.69) is 0 Å². The van der Waals surface area contributed by atoms with E-state index >= 15 is 0 Å². The van der Waals surface area contributed by atoms with E-state index in [0.717, 1.165) is 42.5 Å². The predicted molar refractivity (Wildman–Crippen MR) is 94.3 cm³/mol. The molecule has 0 saturated carbocycles. The second-order valence-corrected chi connectivity index (χ2v) is 6.17. The predicted octanol–water partition coefficient (Wildman–Crippen LogP) is 3.54. The Morgan fingerprint density at radius 3 is 1.50 bits per heavy atom. The van der Waals surface area contributed by atoms with Crippen LogP contribution in [0.2, 0.25) is 0 Å². The first-order chi connectivity index (χ1) is 11.5. The Kier molecular flexibility index (Phi) is 3.13. The first-order valence-electron chi connectivity index (χ1n) is 7.80. The Bertz CT molecular complexity index is 1010. The largest absolute Gasteiger partial charge is 0.618 e. The molecule has 0 aliphatic carbocycles. The van der Waals surface area contributed by atoms with Gasteiger partial charge in [0.15, 0.2) is 12.4 Å². The molecule has 0 atom stereocenters. The van der Waals surface area contributed by atoms with Crippen LogP contribution in [0.1, 0.15) is 11.1 Å². The number of rotatable bonds is 1. The number of aryl methyl sites for hydroxylation is 2. The quantitative estimate of drug-likeness (QED) is 0.398. The number of nitrogens with zero attached hydrogens (tertiary/aromatic N) is 2. The maximum absolute atomic E-state index is 12.4. The van der Waals surface area contributed by atoms with Gasteiger partial charge in [-0.25, -0.2) is 0 Å². The van der Waals surface area contributed by atoms with Crippen molar-refractivity contribution in [2.75, 3.05) is 0 Å². The average molecular weight is 316 g/mol. The van der Waals surface area contributed by atoms with Crippen LogP contribution in [0.3, 0.4) is 0 Å². The molecule has 24 heavy (non-hydrogen) atoms. The van der Waals surface area contributed by atoms with Crippen molar-refractivity contribution in [3.63, 3.8) is 0 Å². The summed E-state index contributed by atoms with van der Waals surface area (Å²) in [6, 6.07) is 15.2. The van der Waals surface area contributed by atoms with Gasteiger partial charge in [0.1, 0.15) is 0 Å². The van der Waals surface area contributed by atoms with E-state index in [1.165, 1.54) is 12.4 Å². The summed E-state index contributed by atoms with van der Waals surface area (Å²) in [4.78, 5) is 0. The number of fused-ring (bicyclic) bond motifs is 2. The zero-order valence-electron chi connectivity index (χ0n) is 13.5. The zero-order valence-corrected chi connectivity index (χ0v) is 13.5. The van der Waals surface area contributed by atoms with E-state index < -0.39 is 0 Å². The summed E-state index contributed by atoms with van der Waals surface area (Å²) < 4.78 is 1.74. The van der Waals surface area contributed by atoms with Gasteiger partial charge in [0.25, 0.3) is 0 Å². The summed E-state index contributed by atoms with van der Waals surface area (Å²) in [5.74, 6) is 0. The highest BCUT2D eigenvalue weighted by Crippen LogP contribution is 2.32. The lowest BCUT2D eigenvalue weighted by molar-refractivity contribution is -0.577. The third-order valence-corrected chi connectivity index (χ3v) is 4.29. The van der Waals surface area contributed by atoms with Crippen molar-refractivity contribution in [2.45, 2.75) is 13.8 Å². The number of aromatic nitrogens is 2. The summed E-state index contributed by atoms with van der Waals surface area (Å²) in [5, 5.41) is 26.6. The molecule has 0 aliphatic heterocycles. The van der Waals surface area contributed by atoms with Crippen LogP contribution in [0.4, 0.5) is 0 Å². The second kappa shape index (κ2) is 5.20. The van der Waals surface area contributed by atoms with Crippen molar-refractivity contribution in [3.8, 4) is 11.1 Å². The van der Waals surface area contributed by atoms with E-state index in [0.29, 0.717) is 11.0 Å².